The van der Waals surface area contributed by atoms with Crippen LogP contribution in [-0.4, -0.2) is 5.84 Å². The monoisotopic (exact) mass is 618 g/mol. The average Bonchev–Trinajstić information content (AvgIpc) is 3.44. The van der Waals surface area contributed by atoms with Gasteiger partial charge in [0.2, 0.25) is 0 Å². The molecule has 1 spiro atoms. The van der Waals surface area contributed by atoms with Gasteiger partial charge in [0.05, 0.1) is 17.0 Å². The van der Waals surface area contributed by atoms with E-state index in [4.69, 9.17) is 4.99 Å². The molecule has 0 radical (unpaired) electrons. The number of aliphatic imine (C=N–C) groups is 1. The van der Waals surface area contributed by atoms with E-state index in [-0.39, 0.29) is 17.7 Å². The molecule has 1 aliphatic heterocycles. The lowest BCUT2D eigenvalue weighted by Gasteiger charge is -2.46. The van der Waals surface area contributed by atoms with Gasteiger partial charge in [-0.15, -0.1) is 0 Å². The van der Waals surface area contributed by atoms with Crippen molar-refractivity contribution in [2.24, 2.45) is 4.99 Å². The summed E-state index contributed by atoms with van der Waals surface area (Å²) in [6, 6.07) is 54.3. The second-order valence-electron chi connectivity index (χ2n) is 13.5. The number of hydrogen-bond donors (Lipinski definition) is 2. The van der Waals surface area contributed by atoms with Gasteiger partial charge in [-0.25, -0.2) is 4.99 Å². The molecule has 0 saturated carbocycles. The zero-order valence-electron chi connectivity index (χ0n) is 26.9. The van der Waals surface area contributed by atoms with Gasteiger partial charge in [0.15, 0.2) is 0 Å². The van der Waals surface area contributed by atoms with Crippen molar-refractivity contribution in [1.29, 1.82) is 5.26 Å². The molecular weight excluding hydrogens is 585 g/mol. The van der Waals surface area contributed by atoms with Gasteiger partial charge in [0.25, 0.3) is 0 Å². The number of nitrogens with zero attached hydrogens (tertiary/aromatic N) is 2. The number of amidine groups is 1. The molecular formula is C44H34N4. The van der Waals surface area contributed by atoms with Crippen molar-refractivity contribution in [1.82, 2.24) is 10.6 Å². The Morgan fingerprint density at radius 2 is 1.17 bits per heavy atom. The zero-order valence-corrected chi connectivity index (χ0v) is 26.9. The molecule has 0 bridgehead atoms. The molecule has 0 fully saturated rings. The van der Waals surface area contributed by atoms with Crippen LogP contribution in [0.4, 0.5) is 0 Å². The van der Waals surface area contributed by atoms with Gasteiger partial charge in [-0.05, 0) is 73.8 Å². The summed E-state index contributed by atoms with van der Waals surface area (Å²) < 4.78 is 0. The zero-order chi connectivity index (χ0) is 32.5. The standard InChI is InChI=1S/C44H34N4/c1-43(2)35-16-8-10-18-37(35)44(38-19-11-9-17-36(38)43)34-15-7-6-14-32(34)33-25-24-31(26-39(33)44)42-47-40(29-12-4-3-5-13-29)46-41(48-42)30-22-20-28(27-45)21-23-30/h3-26,40-41,46H,1-2H3,(H,47,48). The van der Waals surface area contributed by atoms with Gasteiger partial charge in [-0.2, -0.15) is 5.26 Å². The Labute approximate surface area is 281 Å². The summed E-state index contributed by atoms with van der Waals surface area (Å²) in [6.07, 6.45) is -0.453. The predicted molar refractivity (Wildman–Crippen MR) is 192 cm³/mol. The maximum absolute atomic E-state index is 9.42. The number of benzene rings is 6. The average molecular weight is 619 g/mol. The Morgan fingerprint density at radius 3 is 1.83 bits per heavy atom. The van der Waals surface area contributed by atoms with E-state index in [0.717, 1.165) is 22.5 Å². The van der Waals surface area contributed by atoms with Crippen LogP contribution < -0.4 is 10.6 Å². The van der Waals surface area contributed by atoms with Crippen LogP contribution in [0.1, 0.15) is 81.8 Å². The van der Waals surface area contributed by atoms with Crippen LogP contribution in [-0.2, 0) is 10.8 Å². The molecule has 6 aromatic carbocycles. The first-order valence-electron chi connectivity index (χ1n) is 16.6. The first-order valence-corrected chi connectivity index (χ1v) is 16.6. The Hall–Kier alpha value is -5.76. The van der Waals surface area contributed by atoms with E-state index in [2.05, 4.69) is 146 Å². The van der Waals surface area contributed by atoms with E-state index in [1.54, 1.807) is 0 Å². The van der Waals surface area contributed by atoms with Crippen molar-refractivity contribution < 1.29 is 0 Å². The maximum atomic E-state index is 9.42. The second-order valence-corrected chi connectivity index (χ2v) is 13.5. The summed E-state index contributed by atoms with van der Waals surface area (Å²) >= 11 is 0. The maximum Gasteiger partial charge on any atom is 0.131 e. The summed E-state index contributed by atoms with van der Waals surface area (Å²) in [6.45, 7) is 4.72. The third-order valence-corrected chi connectivity index (χ3v) is 10.7. The highest BCUT2D eigenvalue weighted by Gasteiger charge is 2.53. The van der Waals surface area contributed by atoms with Crippen molar-refractivity contribution in [3.05, 3.63) is 201 Å². The van der Waals surface area contributed by atoms with Crippen LogP contribution in [0.5, 0.6) is 0 Å². The molecule has 1 heterocycles. The van der Waals surface area contributed by atoms with Crippen molar-refractivity contribution in [3.63, 3.8) is 0 Å². The van der Waals surface area contributed by atoms with Crippen molar-refractivity contribution in [2.75, 3.05) is 0 Å². The van der Waals surface area contributed by atoms with E-state index < -0.39 is 5.41 Å². The van der Waals surface area contributed by atoms with Crippen LogP contribution in [0, 0.1) is 11.3 Å². The van der Waals surface area contributed by atoms with Crippen molar-refractivity contribution in [2.45, 2.75) is 37.0 Å². The van der Waals surface area contributed by atoms with E-state index in [1.807, 2.05) is 30.3 Å². The molecule has 9 rings (SSSR count). The summed E-state index contributed by atoms with van der Waals surface area (Å²) in [5, 5.41) is 16.9. The van der Waals surface area contributed by atoms with E-state index in [1.165, 1.54) is 44.5 Å². The molecule has 230 valence electrons. The molecule has 4 heteroatoms. The number of hydrogen-bond acceptors (Lipinski definition) is 4. The molecule has 2 N–H and O–H groups in total. The summed E-state index contributed by atoms with van der Waals surface area (Å²) in [5.41, 5.74) is 13.8. The first-order chi connectivity index (χ1) is 23.5. The molecule has 2 aliphatic carbocycles. The smallest absolute Gasteiger partial charge is 0.131 e. The molecule has 2 atom stereocenters. The van der Waals surface area contributed by atoms with Gasteiger partial charge in [-0.1, -0.05) is 141 Å². The molecule has 48 heavy (non-hydrogen) atoms. The fourth-order valence-electron chi connectivity index (χ4n) is 8.44. The van der Waals surface area contributed by atoms with Crippen LogP contribution in [0.2, 0.25) is 0 Å². The van der Waals surface area contributed by atoms with Crippen LogP contribution in [0.25, 0.3) is 11.1 Å². The van der Waals surface area contributed by atoms with Gasteiger partial charge >= 0.3 is 0 Å². The Kier molecular flexibility index (Phi) is 6.31. The summed E-state index contributed by atoms with van der Waals surface area (Å²) in [5.74, 6) is 0.837. The number of nitrogens with one attached hydrogen (secondary N) is 2. The highest BCUT2D eigenvalue weighted by atomic mass is 15.3. The van der Waals surface area contributed by atoms with Crippen LogP contribution in [0.3, 0.4) is 0 Å². The van der Waals surface area contributed by atoms with E-state index >= 15 is 0 Å². The quantitative estimate of drug-likeness (QED) is 0.208. The van der Waals surface area contributed by atoms with Gasteiger partial charge < -0.3 is 5.32 Å². The van der Waals surface area contributed by atoms with Gasteiger partial charge in [0, 0.05) is 11.0 Å². The Bertz CT molecular complexity index is 2240. The molecule has 6 aromatic rings. The number of rotatable bonds is 3. The minimum Gasteiger partial charge on any atom is -0.350 e. The van der Waals surface area contributed by atoms with Gasteiger partial charge in [0.1, 0.15) is 18.2 Å². The molecule has 4 nitrogen and oxygen atoms in total. The normalized spacial score (nSPS) is 19.1. The van der Waals surface area contributed by atoms with E-state index in [9.17, 15) is 5.26 Å². The highest BCUT2D eigenvalue weighted by molar-refractivity contribution is 6.01. The third kappa shape index (κ3) is 4.01. The summed E-state index contributed by atoms with van der Waals surface area (Å²) in [7, 11) is 0. The summed E-state index contributed by atoms with van der Waals surface area (Å²) in [4.78, 5) is 5.29. The van der Waals surface area contributed by atoms with Crippen molar-refractivity contribution >= 4 is 5.84 Å². The third-order valence-electron chi connectivity index (χ3n) is 10.7. The second kappa shape index (κ2) is 10.6. The topological polar surface area (TPSA) is 60.2 Å². The Balaban J connectivity index is 1.27. The largest absolute Gasteiger partial charge is 0.350 e. The number of fused-ring (bicyclic) bond motifs is 9. The van der Waals surface area contributed by atoms with Gasteiger partial charge in [-0.3, -0.25) is 5.32 Å². The lowest BCUT2D eigenvalue weighted by molar-refractivity contribution is 0.409. The van der Waals surface area contributed by atoms with Crippen LogP contribution >= 0.6 is 0 Å². The highest BCUT2D eigenvalue weighted by Crippen LogP contribution is 2.62. The van der Waals surface area contributed by atoms with E-state index in [0.29, 0.717) is 5.56 Å². The number of nitriles is 1. The minimum atomic E-state index is -0.469. The van der Waals surface area contributed by atoms with Crippen molar-refractivity contribution in [3.8, 4) is 17.2 Å². The van der Waals surface area contributed by atoms with Crippen LogP contribution in [0.15, 0.2) is 151 Å². The first kappa shape index (κ1) is 28.5. The molecule has 0 aromatic heterocycles. The fraction of sp³-hybridized carbons (Fsp3) is 0.136. The minimum absolute atomic E-state index is 0.147. The molecule has 0 amide bonds. The molecule has 3 aliphatic rings. The SMILES string of the molecule is CC1(C)c2ccccc2C2(c3ccccc3-c3ccc(C4=NC(c5ccccc5)NC(c5ccc(C#N)cc5)N4)cc32)c2ccccc21. The lowest BCUT2D eigenvalue weighted by Crippen LogP contribution is -2.45. The predicted octanol–water partition coefficient (Wildman–Crippen LogP) is 8.90. The lowest BCUT2D eigenvalue weighted by atomic mass is 9.55. The molecule has 0 saturated heterocycles. The Morgan fingerprint density at radius 1 is 0.583 bits per heavy atom. The molecule has 2 unspecified atom stereocenters. The fourth-order valence-corrected chi connectivity index (χ4v) is 8.44.